The number of anilines is 1. The molecule has 0 aliphatic heterocycles. The topological polar surface area (TPSA) is 64.6 Å². The van der Waals surface area contributed by atoms with Crippen molar-refractivity contribution in [3.05, 3.63) is 87.9 Å². The molecular formula is C22H17Cl2NO4. The SMILES string of the molecule is Cc1ccc(OCC(=O)Oc2ccc(C(=O)Nc3cc(Cl)ccc3Cl)cc2)cc1. The van der Waals surface area contributed by atoms with Gasteiger partial charge in [0.15, 0.2) is 6.61 Å². The Balaban J connectivity index is 1.55. The van der Waals surface area contributed by atoms with E-state index in [4.69, 9.17) is 32.7 Å². The number of hydrogen-bond acceptors (Lipinski definition) is 4. The molecule has 0 unspecified atom stereocenters. The predicted molar refractivity (Wildman–Crippen MR) is 113 cm³/mol. The van der Waals surface area contributed by atoms with Gasteiger partial charge in [0.05, 0.1) is 10.7 Å². The molecule has 148 valence electrons. The number of rotatable bonds is 6. The summed E-state index contributed by atoms with van der Waals surface area (Å²) in [4.78, 5) is 24.3. The summed E-state index contributed by atoms with van der Waals surface area (Å²) < 4.78 is 10.6. The zero-order valence-electron chi connectivity index (χ0n) is 15.4. The van der Waals surface area contributed by atoms with Crippen LogP contribution in [0.1, 0.15) is 15.9 Å². The van der Waals surface area contributed by atoms with Crippen molar-refractivity contribution in [3.8, 4) is 11.5 Å². The van der Waals surface area contributed by atoms with Crippen molar-refractivity contribution < 1.29 is 19.1 Å². The molecule has 0 aromatic heterocycles. The van der Waals surface area contributed by atoms with Crippen molar-refractivity contribution in [2.45, 2.75) is 6.92 Å². The second kappa shape index (κ2) is 9.45. The fourth-order valence-corrected chi connectivity index (χ4v) is 2.74. The van der Waals surface area contributed by atoms with E-state index < -0.39 is 5.97 Å². The van der Waals surface area contributed by atoms with Gasteiger partial charge in [-0.3, -0.25) is 4.79 Å². The molecule has 0 saturated heterocycles. The van der Waals surface area contributed by atoms with E-state index in [1.54, 1.807) is 30.3 Å². The second-order valence-corrected chi connectivity index (χ2v) is 7.02. The highest BCUT2D eigenvalue weighted by Crippen LogP contribution is 2.26. The van der Waals surface area contributed by atoms with Crippen LogP contribution in [0.2, 0.25) is 10.0 Å². The molecule has 3 aromatic rings. The summed E-state index contributed by atoms with van der Waals surface area (Å²) in [6.07, 6.45) is 0. The molecule has 0 spiro atoms. The molecule has 0 radical (unpaired) electrons. The lowest BCUT2D eigenvalue weighted by atomic mass is 10.2. The van der Waals surface area contributed by atoms with E-state index in [2.05, 4.69) is 5.32 Å². The smallest absolute Gasteiger partial charge is 0.349 e. The van der Waals surface area contributed by atoms with Gasteiger partial charge in [-0.1, -0.05) is 40.9 Å². The van der Waals surface area contributed by atoms with Crippen LogP contribution in [0.3, 0.4) is 0 Å². The van der Waals surface area contributed by atoms with E-state index in [-0.39, 0.29) is 12.5 Å². The molecule has 0 bridgehead atoms. The zero-order valence-corrected chi connectivity index (χ0v) is 17.0. The van der Waals surface area contributed by atoms with Crippen molar-refractivity contribution in [1.82, 2.24) is 0 Å². The van der Waals surface area contributed by atoms with E-state index in [1.807, 2.05) is 19.1 Å². The van der Waals surface area contributed by atoms with Crippen LogP contribution in [-0.4, -0.2) is 18.5 Å². The number of ether oxygens (including phenoxy) is 2. The van der Waals surface area contributed by atoms with Crippen LogP contribution in [0.4, 0.5) is 5.69 Å². The van der Waals surface area contributed by atoms with Crippen LogP contribution in [0, 0.1) is 6.92 Å². The summed E-state index contributed by atoms with van der Waals surface area (Å²) in [6, 6.07) is 18.3. The number of halogens is 2. The number of amides is 1. The van der Waals surface area contributed by atoms with Crippen LogP contribution in [0.25, 0.3) is 0 Å². The molecule has 0 saturated carbocycles. The maximum absolute atomic E-state index is 12.4. The van der Waals surface area contributed by atoms with Gasteiger partial charge in [-0.25, -0.2) is 4.79 Å². The lowest BCUT2D eigenvalue weighted by Crippen LogP contribution is -2.18. The first-order chi connectivity index (χ1) is 13.9. The van der Waals surface area contributed by atoms with Crippen molar-refractivity contribution >= 4 is 40.8 Å². The minimum absolute atomic E-state index is 0.224. The highest BCUT2D eigenvalue weighted by atomic mass is 35.5. The summed E-state index contributed by atoms with van der Waals surface area (Å²) in [5, 5.41) is 3.52. The lowest BCUT2D eigenvalue weighted by Gasteiger charge is -2.09. The zero-order chi connectivity index (χ0) is 20.8. The van der Waals surface area contributed by atoms with Crippen molar-refractivity contribution in [2.75, 3.05) is 11.9 Å². The Kier molecular flexibility index (Phi) is 6.75. The third-order valence-electron chi connectivity index (χ3n) is 3.90. The van der Waals surface area contributed by atoms with Crippen LogP contribution < -0.4 is 14.8 Å². The minimum atomic E-state index is -0.548. The molecule has 5 nitrogen and oxygen atoms in total. The molecule has 0 atom stereocenters. The summed E-state index contributed by atoms with van der Waals surface area (Å²) >= 11 is 12.0. The van der Waals surface area contributed by atoms with Gasteiger partial charge < -0.3 is 14.8 Å². The molecule has 0 aliphatic carbocycles. The van der Waals surface area contributed by atoms with Gasteiger partial charge in [-0.05, 0) is 61.5 Å². The Morgan fingerprint density at radius 1 is 0.897 bits per heavy atom. The number of carbonyl (C=O) groups excluding carboxylic acids is 2. The third-order valence-corrected chi connectivity index (χ3v) is 4.47. The largest absolute Gasteiger partial charge is 0.482 e. The second-order valence-electron chi connectivity index (χ2n) is 6.18. The lowest BCUT2D eigenvalue weighted by molar-refractivity contribution is -0.136. The first-order valence-electron chi connectivity index (χ1n) is 8.67. The van der Waals surface area contributed by atoms with Crippen molar-refractivity contribution in [3.63, 3.8) is 0 Å². The average Bonchev–Trinajstić information content (AvgIpc) is 2.71. The number of esters is 1. The maximum Gasteiger partial charge on any atom is 0.349 e. The van der Waals surface area contributed by atoms with Crippen LogP contribution in [-0.2, 0) is 4.79 Å². The molecule has 0 fully saturated rings. The first-order valence-corrected chi connectivity index (χ1v) is 9.43. The molecule has 29 heavy (non-hydrogen) atoms. The van der Waals surface area contributed by atoms with E-state index in [0.29, 0.717) is 32.8 Å². The van der Waals surface area contributed by atoms with Crippen LogP contribution in [0.5, 0.6) is 11.5 Å². The molecule has 0 aliphatic rings. The van der Waals surface area contributed by atoms with Gasteiger partial charge in [-0.15, -0.1) is 0 Å². The monoisotopic (exact) mass is 429 g/mol. The molecule has 3 aromatic carbocycles. The fraction of sp³-hybridized carbons (Fsp3) is 0.0909. The quantitative estimate of drug-likeness (QED) is 0.412. The summed E-state index contributed by atoms with van der Waals surface area (Å²) in [6.45, 7) is 1.74. The Labute approximate surface area is 178 Å². The molecule has 3 rings (SSSR count). The number of carbonyl (C=O) groups is 2. The average molecular weight is 430 g/mol. The first kappa shape index (κ1) is 20.7. The minimum Gasteiger partial charge on any atom is -0.482 e. The number of benzene rings is 3. The number of hydrogen-bond donors (Lipinski definition) is 1. The summed E-state index contributed by atoms with van der Waals surface area (Å²) in [7, 11) is 0. The Hall–Kier alpha value is -3.02. The normalized spacial score (nSPS) is 10.3. The number of aryl methyl sites for hydroxylation is 1. The summed E-state index contributed by atoms with van der Waals surface area (Å²) in [5.41, 5.74) is 1.88. The van der Waals surface area contributed by atoms with Gasteiger partial charge in [-0.2, -0.15) is 0 Å². The summed E-state index contributed by atoms with van der Waals surface area (Å²) in [5.74, 6) is -0.0256. The highest BCUT2D eigenvalue weighted by molar-refractivity contribution is 6.35. The number of nitrogens with one attached hydrogen (secondary N) is 1. The van der Waals surface area contributed by atoms with E-state index in [1.165, 1.54) is 24.3 Å². The van der Waals surface area contributed by atoms with Gasteiger partial charge in [0, 0.05) is 10.6 Å². The Morgan fingerprint density at radius 3 is 2.24 bits per heavy atom. The van der Waals surface area contributed by atoms with Crippen molar-refractivity contribution in [1.29, 1.82) is 0 Å². The van der Waals surface area contributed by atoms with Crippen LogP contribution in [0.15, 0.2) is 66.7 Å². The maximum atomic E-state index is 12.4. The predicted octanol–water partition coefficient (Wildman–Crippen LogP) is 5.54. The molecule has 0 heterocycles. The Morgan fingerprint density at radius 2 is 1.55 bits per heavy atom. The van der Waals surface area contributed by atoms with E-state index in [9.17, 15) is 9.59 Å². The standard InChI is InChI=1S/C22H17Cl2NO4/c1-14-2-7-17(8-3-14)28-13-21(26)29-18-9-4-15(5-10-18)22(27)25-20-12-16(23)6-11-19(20)24/h2-12H,13H2,1H3,(H,25,27). The van der Waals surface area contributed by atoms with E-state index in [0.717, 1.165) is 5.56 Å². The molecule has 1 amide bonds. The van der Waals surface area contributed by atoms with Gasteiger partial charge in [0.2, 0.25) is 0 Å². The highest BCUT2D eigenvalue weighted by Gasteiger charge is 2.11. The molecule has 7 heteroatoms. The van der Waals surface area contributed by atoms with Gasteiger partial charge in [0.25, 0.3) is 5.91 Å². The fourth-order valence-electron chi connectivity index (χ4n) is 2.40. The Bertz CT molecular complexity index is 1020. The van der Waals surface area contributed by atoms with Crippen molar-refractivity contribution in [2.24, 2.45) is 0 Å². The third kappa shape index (κ3) is 5.98. The molecule has 1 N–H and O–H groups in total. The van der Waals surface area contributed by atoms with Gasteiger partial charge >= 0.3 is 5.97 Å². The van der Waals surface area contributed by atoms with E-state index >= 15 is 0 Å². The van der Waals surface area contributed by atoms with Crippen LogP contribution >= 0.6 is 23.2 Å². The van der Waals surface area contributed by atoms with Gasteiger partial charge in [0.1, 0.15) is 11.5 Å². The molecular weight excluding hydrogens is 413 g/mol.